The molecule has 1 rings (SSSR count). The van der Waals surface area contributed by atoms with E-state index in [1.165, 1.54) is 0 Å². The van der Waals surface area contributed by atoms with Crippen LogP contribution in [0.4, 0.5) is 0 Å². The number of nitrogens with one attached hydrogen (secondary N) is 2. The molecular weight excluding hydrogens is 290 g/mol. The standard InChI is InChI=1S/C18H33N3O2/c1-15(2)14-21-18(19-10-5-6-12-22-16(3)4)20-11-9-17-8-7-13-23-17/h7-8,13,15-16H,5-6,9-12,14H2,1-4H3,(H2,19,20,21). The minimum Gasteiger partial charge on any atom is -0.469 e. The summed E-state index contributed by atoms with van der Waals surface area (Å²) in [5, 5.41) is 6.77. The van der Waals surface area contributed by atoms with E-state index in [1.807, 2.05) is 12.1 Å². The normalized spacial score (nSPS) is 12.2. The first-order chi connectivity index (χ1) is 11.1. The number of aliphatic imine (C=N–C) groups is 1. The Morgan fingerprint density at radius 3 is 2.61 bits per heavy atom. The Kier molecular flexibility index (Phi) is 10.2. The lowest BCUT2D eigenvalue weighted by Gasteiger charge is -2.13. The van der Waals surface area contributed by atoms with Crippen LogP contribution in [0, 0.1) is 5.92 Å². The number of hydrogen-bond acceptors (Lipinski definition) is 3. The summed E-state index contributed by atoms with van der Waals surface area (Å²) in [4.78, 5) is 4.62. The maximum absolute atomic E-state index is 5.55. The second kappa shape index (κ2) is 12.0. The molecule has 0 unspecified atom stereocenters. The highest BCUT2D eigenvalue weighted by atomic mass is 16.5. The van der Waals surface area contributed by atoms with E-state index in [4.69, 9.17) is 9.15 Å². The van der Waals surface area contributed by atoms with Gasteiger partial charge in [0.2, 0.25) is 0 Å². The zero-order valence-electron chi connectivity index (χ0n) is 15.1. The Morgan fingerprint density at radius 2 is 1.96 bits per heavy atom. The molecule has 1 aromatic rings. The molecule has 0 aliphatic carbocycles. The lowest BCUT2D eigenvalue weighted by Crippen LogP contribution is -2.39. The molecule has 1 heterocycles. The van der Waals surface area contributed by atoms with Crippen LogP contribution in [0.2, 0.25) is 0 Å². The molecule has 23 heavy (non-hydrogen) atoms. The van der Waals surface area contributed by atoms with Crippen LogP contribution in [0.5, 0.6) is 0 Å². The first-order valence-corrected chi connectivity index (χ1v) is 8.74. The second-order valence-corrected chi connectivity index (χ2v) is 6.39. The molecule has 132 valence electrons. The van der Waals surface area contributed by atoms with Gasteiger partial charge in [-0.15, -0.1) is 0 Å². The van der Waals surface area contributed by atoms with Gasteiger partial charge in [0.25, 0.3) is 0 Å². The molecule has 0 aliphatic heterocycles. The van der Waals surface area contributed by atoms with Crippen molar-refractivity contribution < 1.29 is 9.15 Å². The summed E-state index contributed by atoms with van der Waals surface area (Å²) < 4.78 is 10.9. The molecule has 0 radical (unpaired) electrons. The number of furan rings is 1. The van der Waals surface area contributed by atoms with Crippen molar-refractivity contribution in [3.8, 4) is 0 Å². The summed E-state index contributed by atoms with van der Waals surface area (Å²) >= 11 is 0. The van der Waals surface area contributed by atoms with Gasteiger partial charge in [-0.2, -0.15) is 0 Å². The fourth-order valence-electron chi connectivity index (χ4n) is 1.96. The van der Waals surface area contributed by atoms with Crippen LogP contribution in [0.15, 0.2) is 27.8 Å². The van der Waals surface area contributed by atoms with Gasteiger partial charge in [0.1, 0.15) is 5.76 Å². The third kappa shape index (κ3) is 10.8. The Labute approximate surface area is 140 Å². The Hall–Kier alpha value is -1.49. The highest BCUT2D eigenvalue weighted by Gasteiger charge is 2.01. The quantitative estimate of drug-likeness (QED) is 0.373. The predicted octanol–water partition coefficient (Wildman–Crippen LogP) is 3.22. The molecule has 0 aliphatic rings. The largest absolute Gasteiger partial charge is 0.469 e. The molecule has 5 heteroatoms. The average Bonchev–Trinajstić information content (AvgIpc) is 3.00. The van der Waals surface area contributed by atoms with E-state index in [0.717, 1.165) is 57.2 Å². The number of hydrogen-bond donors (Lipinski definition) is 2. The van der Waals surface area contributed by atoms with Crippen LogP contribution in [-0.2, 0) is 11.2 Å². The summed E-state index contributed by atoms with van der Waals surface area (Å²) in [7, 11) is 0. The van der Waals surface area contributed by atoms with Crippen molar-refractivity contribution in [2.75, 3.05) is 26.2 Å². The predicted molar refractivity (Wildman–Crippen MR) is 95.9 cm³/mol. The van der Waals surface area contributed by atoms with Gasteiger partial charge in [0.15, 0.2) is 5.96 Å². The highest BCUT2D eigenvalue weighted by molar-refractivity contribution is 5.79. The lowest BCUT2D eigenvalue weighted by atomic mass is 10.2. The van der Waals surface area contributed by atoms with Gasteiger partial charge < -0.3 is 19.8 Å². The van der Waals surface area contributed by atoms with Gasteiger partial charge in [-0.25, -0.2) is 0 Å². The van der Waals surface area contributed by atoms with Crippen LogP contribution in [0.1, 0.15) is 46.3 Å². The van der Waals surface area contributed by atoms with Crippen LogP contribution >= 0.6 is 0 Å². The lowest BCUT2D eigenvalue weighted by molar-refractivity contribution is 0.0762. The Morgan fingerprint density at radius 1 is 1.17 bits per heavy atom. The van der Waals surface area contributed by atoms with E-state index < -0.39 is 0 Å². The SMILES string of the molecule is CC(C)CN=C(NCCCCOC(C)C)NCCc1ccco1. The number of nitrogens with zero attached hydrogens (tertiary/aromatic N) is 1. The molecular formula is C18H33N3O2. The number of guanidine groups is 1. The molecule has 0 spiro atoms. The van der Waals surface area contributed by atoms with Gasteiger partial charge in [-0.3, -0.25) is 4.99 Å². The zero-order chi connectivity index (χ0) is 16.9. The fraction of sp³-hybridized carbons (Fsp3) is 0.722. The number of rotatable bonds is 11. The monoisotopic (exact) mass is 323 g/mol. The van der Waals surface area contributed by atoms with E-state index in [2.05, 4.69) is 43.3 Å². The molecule has 1 aromatic heterocycles. The molecule has 0 saturated carbocycles. The maximum Gasteiger partial charge on any atom is 0.191 e. The summed E-state index contributed by atoms with van der Waals surface area (Å²) in [5.41, 5.74) is 0. The number of ether oxygens (including phenoxy) is 1. The third-order valence-electron chi connectivity index (χ3n) is 3.17. The molecule has 0 fully saturated rings. The minimum atomic E-state index is 0.314. The molecule has 0 atom stereocenters. The van der Waals surface area contributed by atoms with E-state index in [1.54, 1.807) is 6.26 Å². The molecule has 5 nitrogen and oxygen atoms in total. The van der Waals surface area contributed by atoms with Crippen molar-refractivity contribution in [2.24, 2.45) is 10.9 Å². The Bertz CT molecular complexity index is 414. The maximum atomic E-state index is 5.55. The molecule has 0 bridgehead atoms. The summed E-state index contributed by atoms with van der Waals surface area (Å²) in [6.45, 7) is 11.9. The van der Waals surface area contributed by atoms with Gasteiger partial charge in [0, 0.05) is 32.7 Å². The van der Waals surface area contributed by atoms with Crippen LogP contribution in [0.25, 0.3) is 0 Å². The van der Waals surface area contributed by atoms with Crippen molar-refractivity contribution in [3.05, 3.63) is 24.2 Å². The average molecular weight is 323 g/mol. The van der Waals surface area contributed by atoms with Gasteiger partial charge in [0.05, 0.1) is 12.4 Å². The van der Waals surface area contributed by atoms with Crippen LogP contribution in [0.3, 0.4) is 0 Å². The highest BCUT2D eigenvalue weighted by Crippen LogP contribution is 1.99. The number of unbranched alkanes of at least 4 members (excludes halogenated alkanes) is 1. The van der Waals surface area contributed by atoms with E-state index in [9.17, 15) is 0 Å². The summed E-state index contributed by atoms with van der Waals surface area (Å²) in [6.07, 6.45) is 5.02. The van der Waals surface area contributed by atoms with Crippen molar-refractivity contribution in [3.63, 3.8) is 0 Å². The second-order valence-electron chi connectivity index (χ2n) is 6.39. The zero-order valence-corrected chi connectivity index (χ0v) is 15.1. The van der Waals surface area contributed by atoms with Crippen molar-refractivity contribution in [1.82, 2.24) is 10.6 Å². The van der Waals surface area contributed by atoms with Gasteiger partial charge >= 0.3 is 0 Å². The summed E-state index contributed by atoms with van der Waals surface area (Å²) in [5.74, 6) is 2.43. The van der Waals surface area contributed by atoms with Crippen LogP contribution < -0.4 is 10.6 Å². The van der Waals surface area contributed by atoms with E-state index in [-0.39, 0.29) is 0 Å². The van der Waals surface area contributed by atoms with Crippen molar-refractivity contribution in [1.29, 1.82) is 0 Å². The third-order valence-corrected chi connectivity index (χ3v) is 3.17. The van der Waals surface area contributed by atoms with Gasteiger partial charge in [-0.05, 0) is 44.7 Å². The topological polar surface area (TPSA) is 58.8 Å². The fourth-order valence-corrected chi connectivity index (χ4v) is 1.96. The Balaban J connectivity index is 2.23. The van der Waals surface area contributed by atoms with Gasteiger partial charge in [-0.1, -0.05) is 13.8 Å². The molecule has 0 amide bonds. The first-order valence-electron chi connectivity index (χ1n) is 8.74. The smallest absolute Gasteiger partial charge is 0.191 e. The van der Waals surface area contributed by atoms with Crippen molar-refractivity contribution >= 4 is 5.96 Å². The van der Waals surface area contributed by atoms with E-state index >= 15 is 0 Å². The molecule has 0 aromatic carbocycles. The minimum absolute atomic E-state index is 0.314. The molecule has 0 saturated heterocycles. The van der Waals surface area contributed by atoms with Crippen molar-refractivity contribution in [2.45, 2.75) is 53.1 Å². The summed E-state index contributed by atoms with van der Waals surface area (Å²) in [6, 6.07) is 3.91. The van der Waals surface area contributed by atoms with E-state index in [0.29, 0.717) is 12.0 Å². The van der Waals surface area contributed by atoms with Crippen LogP contribution in [-0.4, -0.2) is 38.3 Å². The first kappa shape index (κ1) is 19.6. The molecule has 2 N–H and O–H groups in total.